The van der Waals surface area contributed by atoms with Gasteiger partial charge in [-0.05, 0) is 49.2 Å². The van der Waals surface area contributed by atoms with Gasteiger partial charge in [-0.25, -0.2) is 4.39 Å². The number of hydrogen-bond acceptors (Lipinski definition) is 4. The summed E-state index contributed by atoms with van der Waals surface area (Å²) in [5.41, 5.74) is 1.14. The second-order valence-corrected chi connectivity index (χ2v) is 8.11. The Morgan fingerprint density at radius 2 is 1.71 bits per heavy atom. The minimum Gasteiger partial charge on any atom is -0.497 e. The van der Waals surface area contributed by atoms with E-state index in [4.69, 9.17) is 4.74 Å². The smallest absolute Gasteiger partial charge is 0.251 e. The third kappa shape index (κ3) is 4.65. The van der Waals surface area contributed by atoms with Crippen LogP contribution < -0.4 is 15.0 Å². The maximum absolute atomic E-state index is 14.1. The summed E-state index contributed by atoms with van der Waals surface area (Å²) in [6.07, 6.45) is 2.49. The van der Waals surface area contributed by atoms with E-state index >= 15 is 0 Å². The highest BCUT2D eigenvalue weighted by Gasteiger charge is 2.37. The number of amides is 2. The van der Waals surface area contributed by atoms with E-state index < -0.39 is 0 Å². The second kappa shape index (κ2) is 9.37. The maximum Gasteiger partial charge on any atom is 0.251 e. The van der Waals surface area contributed by atoms with Crippen molar-refractivity contribution < 1.29 is 18.7 Å². The van der Waals surface area contributed by atoms with Crippen molar-refractivity contribution in [1.29, 1.82) is 0 Å². The number of carbonyl (C=O) groups is 2. The van der Waals surface area contributed by atoms with Gasteiger partial charge >= 0.3 is 0 Å². The predicted molar refractivity (Wildman–Crippen MR) is 117 cm³/mol. The van der Waals surface area contributed by atoms with Crippen LogP contribution in [0.25, 0.3) is 0 Å². The Morgan fingerprint density at radius 1 is 1.00 bits per heavy atom. The Balaban J connectivity index is 1.34. The summed E-state index contributed by atoms with van der Waals surface area (Å²) in [6, 6.07) is 13.5. The molecule has 1 saturated carbocycles. The number of benzene rings is 2. The van der Waals surface area contributed by atoms with Gasteiger partial charge in [-0.2, -0.15) is 0 Å². The maximum atomic E-state index is 14.1. The van der Waals surface area contributed by atoms with Crippen molar-refractivity contribution in [3.05, 3.63) is 59.9 Å². The molecule has 2 amide bonds. The van der Waals surface area contributed by atoms with E-state index in [1.165, 1.54) is 6.07 Å². The zero-order valence-electron chi connectivity index (χ0n) is 17.7. The number of anilines is 1. The molecule has 7 heteroatoms. The molecule has 0 radical (unpaired) electrons. The van der Waals surface area contributed by atoms with Crippen LogP contribution in [-0.4, -0.2) is 56.0 Å². The first-order valence-electron chi connectivity index (χ1n) is 10.8. The summed E-state index contributed by atoms with van der Waals surface area (Å²) in [7, 11) is 1.58. The van der Waals surface area contributed by atoms with E-state index in [0.717, 1.165) is 19.3 Å². The molecule has 1 saturated heterocycles. The standard InChI is InChI=1S/C24H28FN3O3/c1-31-18-11-9-17(10-12-18)23(29)26-21-7-4-5-19(21)24(30)28-15-13-27(14-16-28)22-8-3-2-6-20(22)25/h2-3,6,8-12,19,21H,4-5,7,13-16H2,1H3,(H,26,29)/t19-,21+/m0/s1. The number of para-hydroxylation sites is 1. The van der Waals surface area contributed by atoms with Crippen molar-refractivity contribution in [2.45, 2.75) is 25.3 Å². The van der Waals surface area contributed by atoms with Crippen molar-refractivity contribution in [2.24, 2.45) is 5.92 Å². The minimum absolute atomic E-state index is 0.0886. The van der Waals surface area contributed by atoms with Crippen LogP contribution in [0.4, 0.5) is 10.1 Å². The lowest BCUT2D eigenvalue weighted by molar-refractivity contribution is -0.136. The van der Waals surface area contributed by atoms with Gasteiger partial charge in [-0.1, -0.05) is 18.6 Å². The first kappa shape index (κ1) is 21.2. The molecule has 2 aromatic carbocycles. The van der Waals surface area contributed by atoms with Crippen LogP contribution in [0.2, 0.25) is 0 Å². The van der Waals surface area contributed by atoms with E-state index in [1.54, 1.807) is 43.5 Å². The number of methoxy groups -OCH3 is 1. The highest BCUT2D eigenvalue weighted by molar-refractivity contribution is 5.95. The summed E-state index contributed by atoms with van der Waals surface area (Å²) in [5, 5.41) is 3.06. The van der Waals surface area contributed by atoms with Crippen LogP contribution in [0.15, 0.2) is 48.5 Å². The third-order valence-corrected chi connectivity index (χ3v) is 6.29. The second-order valence-electron chi connectivity index (χ2n) is 8.11. The fraction of sp³-hybridized carbons (Fsp3) is 0.417. The topological polar surface area (TPSA) is 61.9 Å². The highest BCUT2D eigenvalue weighted by atomic mass is 19.1. The van der Waals surface area contributed by atoms with Crippen LogP contribution in [-0.2, 0) is 4.79 Å². The number of nitrogens with one attached hydrogen (secondary N) is 1. The monoisotopic (exact) mass is 425 g/mol. The van der Waals surface area contributed by atoms with E-state index in [9.17, 15) is 14.0 Å². The molecule has 0 unspecified atom stereocenters. The largest absolute Gasteiger partial charge is 0.497 e. The number of ether oxygens (including phenoxy) is 1. The van der Waals surface area contributed by atoms with Crippen molar-refractivity contribution in [1.82, 2.24) is 10.2 Å². The molecule has 2 atom stereocenters. The van der Waals surface area contributed by atoms with Crippen LogP contribution in [0.3, 0.4) is 0 Å². The molecule has 1 N–H and O–H groups in total. The fourth-order valence-electron chi connectivity index (χ4n) is 4.53. The quantitative estimate of drug-likeness (QED) is 0.800. The molecule has 1 aliphatic heterocycles. The molecule has 6 nitrogen and oxygen atoms in total. The predicted octanol–water partition coefficient (Wildman–Crippen LogP) is 3.08. The molecule has 0 aromatic heterocycles. The van der Waals surface area contributed by atoms with Crippen molar-refractivity contribution >= 4 is 17.5 Å². The third-order valence-electron chi connectivity index (χ3n) is 6.29. The number of piperazine rings is 1. The molecule has 2 aliphatic rings. The molecular formula is C24H28FN3O3. The van der Waals surface area contributed by atoms with Gasteiger partial charge in [-0.15, -0.1) is 0 Å². The normalized spacial score (nSPS) is 21.1. The average molecular weight is 426 g/mol. The summed E-state index contributed by atoms with van der Waals surface area (Å²) >= 11 is 0. The first-order chi connectivity index (χ1) is 15.1. The zero-order chi connectivity index (χ0) is 21.8. The van der Waals surface area contributed by atoms with Gasteiger partial charge in [0.1, 0.15) is 11.6 Å². The van der Waals surface area contributed by atoms with Gasteiger partial charge in [0.05, 0.1) is 18.7 Å². The van der Waals surface area contributed by atoms with Crippen molar-refractivity contribution in [3.8, 4) is 5.75 Å². The Morgan fingerprint density at radius 3 is 2.39 bits per heavy atom. The van der Waals surface area contributed by atoms with Crippen LogP contribution in [0.1, 0.15) is 29.6 Å². The molecular weight excluding hydrogens is 397 g/mol. The lowest BCUT2D eigenvalue weighted by atomic mass is 10.0. The highest BCUT2D eigenvalue weighted by Crippen LogP contribution is 2.29. The molecule has 1 heterocycles. The van der Waals surface area contributed by atoms with Gasteiger partial charge in [-0.3, -0.25) is 9.59 Å². The lowest BCUT2D eigenvalue weighted by Gasteiger charge is -2.38. The Labute approximate surface area is 182 Å². The van der Waals surface area contributed by atoms with Crippen LogP contribution >= 0.6 is 0 Å². The molecule has 2 fully saturated rings. The lowest BCUT2D eigenvalue weighted by Crippen LogP contribution is -2.53. The molecule has 0 spiro atoms. The summed E-state index contributed by atoms with van der Waals surface area (Å²) in [6.45, 7) is 2.32. The van der Waals surface area contributed by atoms with Crippen molar-refractivity contribution in [3.63, 3.8) is 0 Å². The number of carbonyl (C=O) groups excluding carboxylic acids is 2. The summed E-state index contributed by atoms with van der Waals surface area (Å²) in [4.78, 5) is 29.7. The Hall–Kier alpha value is -3.09. The molecule has 31 heavy (non-hydrogen) atoms. The van der Waals surface area contributed by atoms with Crippen molar-refractivity contribution in [2.75, 3.05) is 38.2 Å². The number of rotatable bonds is 5. The first-order valence-corrected chi connectivity index (χ1v) is 10.8. The average Bonchev–Trinajstić information content (AvgIpc) is 3.27. The number of nitrogens with zero attached hydrogens (tertiary/aromatic N) is 2. The number of hydrogen-bond donors (Lipinski definition) is 1. The van der Waals surface area contributed by atoms with E-state index in [0.29, 0.717) is 43.2 Å². The molecule has 0 bridgehead atoms. The van der Waals surface area contributed by atoms with E-state index in [2.05, 4.69) is 5.32 Å². The van der Waals surface area contributed by atoms with E-state index in [-0.39, 0.29) is 29.6 Å². The van der Waals surface area contributed by atoms with Gasteiger partial charge in [0.15, 0.2) is 0 Å². The van der Waals surface area contributed by atoms with Gasteiger partial charge in [0.25, 0.3) is 5.91 Å². The SMILES string of the molecule is COc1ccc(C(=O)N[C@@H]2CCC[C@@H]2C(=O)N2CCN(c3ccccc3F)CC2)cc1. The molecule has 1 aliphatic carbocycles. The fourth-order valence-corrected chi connectivity index (χ4v) is 4.53. The Bertz CT molecular complexity index is 926. The van der Waals surface area contributed by atoms with E-state index in [1.807, 2.05) is 15.9 Å². The molecule has 164 valence electrons. The molecule has 4 rings (SSSR count). The molecule has 2 aromatic rings. The van der Waals surface area contributed by atoms with Crippen LogP contribution in [0, 0.1) is 11.7 Å². The summed E-state index contributed by atoms with van der Waals surface area (Å²) < 4.78 is 19.2. The minimum atomic E-state index is -0.237. The number of halogens is 1. The van der Waals surface area contributed by atoms with Gasteiger partial charge in [0, 0.05) is 37.8 Å². The zero-order valence-corrected chi connectivity index (χ0v) is 17.7. The van der Waals surface area contributed by atoms with Gasteiger partial charge in [0.2, 0.25) is 5.91 Å². The summed E-state index contributed by atoms with van der Waals surface area (Å²) in [5.74, 6) is 0.170. The Kier molecular flexibility index (Phi) is 6.39. The van der Waals surface area contributed by atoms with Gasteiger partial charge < -0.3 is 19.9 Å². The van der Waals surface area contributed by atoms with Crippen LogP contribution in [0.5, 0.6) is 5.75 Å².